The summed E-state index contributed by atoms with van der Waals surface area (Å²) in [6, 6.07) is 9.02. The van der Waals surface area contributed by atoms with Crippen LogP contribution in [0.5, 0.6) is 5.75 Å². The second-order valence-corrected chi connectivity index (χ2v) is 10.2. The van der Waals surface area contributed by atoms with Crippen molar-refractivity contribution in [3.8, 4) is 16.9 Å². The van der Waals surface area contributed by atoms with E-state index >= 15 is 4.39 Å². The molecule has 1 unspecified atom stereocenters. The highest BCUT2D eigenvalue weighted by molar-refractivity contribution is 6.02. The van der Waals surface area contributed by atoms with E-state index in [-0.39, 0.29) is 30.4 Å². The Morgan fingerprint density at radius 3 is 2.70 bits per heavy atom. The van der Waals surface area contributed by atoms with Crippen molar-refractivity contribution in [1.82, 2.24) is 19.4 Å². The van der Waals surface area contributed by atoms with E-state index in [0.29, 0.717) is 42.1 Å². The van der Waals surface area contributed by atoms with Gasteiger partial charge in [0, 0.05) is 36.3 Å². The molecule has 3 aromatic rings. The molecular formula is C29H29FN4O6. The third-order valence-corrected chi connectivity index (χ3v) is 7.79. The number of likely N-dealkylation sites (tertiary alicyclic amines) is 1. The van der Waals surface area contributed by atoms with E-state index in [0.717, 1.165) is 25.1 Å². The summed E-state index contributed by atoms with van der Waals surface area (Å²) < 4.78 is 28.6. The van der Waals surface area contributed by atoms with Crippen LogP contribution >= 0.6 is 0 Å². The molecule has 2 amide bonds. The number of imidazole rings is 1. The van der Waals surface area contributed by atoms with Crippen LogP contribution in [-0.2, 0) is 29.0 Å². The van der Waals surface area contributed by atoms with Gasteiger partial charge in [0.1, 0.15) is 17.7 Å². The zero-order chi connectivity index (χ0) is 28.0. The maximum Gasteiger partial charge on any atom is 0.407 e. The molecule has 6 rings (SSSR count). The van der Waals surface area contributed by atoms with E-state index in [9.17, 15) is 14.4 Å². The van der Waals surface area contributed by atoms with Gasteiger partial charge in [-0.3, -0.25) is 4.79 Å². The molecule has 1 fully saturated rings. The van der Waals surface area contributed by atoms with Crippen LogP contribution < -0.4 is 4.74 Å². The van der Waals surface area contributed by atoms with Gasteiger partial charge in [-0.05, 0) is 55.2 Å². The number of amides is 2. The number of fused-ring (bicyclic) bond motifs is 2. The standard InChI is InChI=1S/C29H29FN4O6/c1-2-39-28(36)26(25-24-4-3-10-33(24)16-31-25)34-15-22-21(27(34)35)12-18(13-23(22)30)17-5-7-19(8-6-17)40-20-9-11-32(14-20)29(37)38/h5-8,12-13,16,20,26H,2-4,9-11,14-15H2,1H3,(H,37,38)/t20-,26?/m0/s1. The highest BCUT2D eigenvalue weighted by atomic mass is 19.1. The molecule has 2 atom stereocenters. The molecule has 2 aromatic carbocycles. The van der Waals surface area contributed by atoms with Crippen molar-refractivity contribution in [3.63, 3.8) is 0 Å². The summed E-state index contributed by atoms with van der Waals surface area (Å²) in [6.07, 6.45) is 2.77. The van der Waals surface area contributed by atoms with Crippen LogP contribution in [0.2, 0.25) is 0 Å². The van der Waals surface area contributed by atoms with Gasteiger partial charge in [-0.15, -0.1) is 0 Å². The number of benzene rings is 2. The van der Waals surface area contributed by atoms with Crippen molar-refractivity contribution >= 4 is 18.0 Å². The molecule has 0 saturated carbocycles. The zero-order valence-electron chi connectivity index (χ0n) is 22.0. The molecule has 0 bridgehead atoms. The summed E-state index contributed by atoms with van der Waals surface area (Å²) >= 11 is 0. The van der Waals surface area contributed by atoms with Crippen molar-refractivity contribution in [1.29, 1.82) is 0 Å². The van der Waals surface area contributed by atoms with E-state index in [1.54, 1.807) is 43.6 Å². The quantitative estimate of drug-likeness (QED) is 0.444. The molecule has 208 valence electrons. The molecule has 1 aromatic heterocycles. The Morgan fingerprint density at radius 2 is 1.98 bits per heavy atom. The summed E-state index contributed by atoms with van der Waals surface area (Å²) in [7, 11) is 0. The van der Waals surface area contributed by atoms with Crippen molar-refractivity contribution in [3.05, 3.63) is 71.1 Å². The van der Waals surface area contributed by atoms with E-state index in [2.05, 4.69) is 4.98 Å². The molecule has 10 nitrogen and oxygen atoms in total. The van der Waals surface area contributed by atoms with Crippen molar-refractivity contribution < 1.29 is 33.4 Å². The van der Waals surface area contributed by atoms with Crippen molar-refractivity contribution in [2.45, 2.75) is 51.4 Å². The first-order chi connectivity index (χ1) is 19.3. The second kappa shape index (κ2) is 10.3. The van der Waals surface area contributed by atoms with Gasteiger partial charge in [0.2, 0.25) is 0 Å². The van der Waals surface area contributed by atoms with Crippen LogP contribution in [0.1, 0.15) is 53.1 Å². The minimum absolute atomic E-state index is 0.0579. The third-order valence-electron chi connectivity index (χ3n) is 7.79. The first-order valence-electron chi connectivity index (χ1n) is 13.4. The smallest absolute Gasteiger partial charge is 0.407 e. The van der Waals surface area contributed by atoms with E-state index in [4.69, 9.17) is 14.6 Å². The number of hydrogen-bond acceptors (Lipinski definition) is 6. The van der Waals surface area contributed by atoms with Crippen LogP contribution in [0, 0.1) is 5.82 Å². The average Bonchev–Trinajstić information content (AvgIpc) is 3.72. The van der Waals surface area contributed by atoms with E-state index < -0.39 is 29.8 Å². The van der Waals surface area contributed by atoms with E-state index in [1.807, 2.05) is 4.57 Å². The van der Waals surface area contributed by atoms with Gasteiger partial charge < -0.3 is 28.9 Å². The number of halogens is 1. The fourth-order valence-electron chi connectivity index (χ4n) is 5.82. The number of carbonyl (C=O) groups excluding carboxylic acids is 2. The third kappa shape index (κ3) is 4.55. The lowest BCUT2D eigenvalue weighted by Gasteiger charge is -2.25. The van der Waals surface area contributed by atoms with Crippen LogP contribution in [0.15, 0.2) is 42.7 Å². The van der Waals surface area contributed by atoms with Gasteiger partial charge in [0.05, 0.1) is 31.7 Å². The Balaban J connectivity index is 1.24. The van der Waals surface area contributed by atoms with Crippen molar-refractivity contribution in [2.75, 3.05) is 19.7 Å². The fourth-order valence-corrected chi connectivity index (χ4v) is 5.82. The highest BCUT2D eigenvalue weighted by Gasteiger charge is 2.42. The van der Waals surface area contributed by atoms with Gasteiger partial charge in [-0.1, -0.05) is 12.1 Å². The Hall–Kier alpha value is -4.41. The lowest BCUT2D eigenvalue weighted by atomic mass is 9.99. The Morgan fingerprint density at radius 1 is 1.18 bits per heavy atom. The first kappa shape index (κ1) is 25.8. The summed E-state index contributed by atoms with van der Waals surface area (Å²) in [5.74, 6) is -0.976. The minimum atomic E-state index is -1.05. The largest absolute Gasteiger partial charge is 0.489 e. The molecule has 3 aliphatic heterocycles. The number of nitrogens with zero attached hydrogens (tertiary/aromatic N) is 4. The molecular weight excluding hydrogens is 519 g/mol. The maximum atomic E-state index is 15.4. The van der Waals surface area contributed by atoms with Crippen LogP contribution in [0.25, 0.3) is 11.1 Å². The Kier molecular flexibility index (Phi) is 6.65. The predicted octanol–water partition coefficient (Wildman–Crippen LogP) is 4.03. The summed E-state index contributed by atoms with van der Waals surface area (Å²) in [6.45, 7) is 3.33. The van der Waals surface area contributed by atoms with Gasteiger partial charge in [-0.2, -0.15) is 0 Å². The first-order valence-corrected chi connectivity index (χ1v) is 13.4. The highest BCUT2D eigenvalue weighted by Crippen LogP contribution is 2.38. The lowest BCUT2D eigenvalue weighted by molar-refractivity contribution is -0.149. The van der Waals surface area contributed by atoms with Gasteiger partial charge in [0.25, 0.3) is 5.91 Å². The normalized spacial score (nSPS) is 18.6. The topological polar surface area (TPSA) is 114 Å². The van der Waals surface area contributed by atoms with E-state index in [1.165, 1.54) is 15.9 Å². The lowest BCUT2D eigenvalue weighted by Crippen LogP contribution is -2.36. The number of aromatic nitrogens is 2. The number of esters is 1. The summed E-state index contributed by atoms with van der Waals surface area (Å²) in [5, 5.41) is 9.14. The number of carbonyl (C=O) groups is 3. The monoisotopic (exact) mass is 548 g/mol. The average molecular weight is 549 g/mol. The summed E-state index contributed by atoms with van der Waals surface area (Å²) in [4.78, 5) is 45.0. The van der Waals surface area contributed by atoms with Crippen LogP contribution in [0.4, 0.5) is 9.18 Å². The fraction of sp³-hybridized carbons (Fsp3) is 0.379. The Labute approximate surface area is 229 Å². The molecule has 0 spiro atoms. The number of hydrogen-bond donors (Lipinski definition) is 1. The van der Waals surface area contributed by atoms with Crippen LogP contribution in [-0.4, -0.2) is 68.2 Å². The van der Waals surface area contributed by atoms with Gasteiger partial charge >= 0.3 is 12.1 Å². The molecule has 1 saturated heterocycles. The second-order valence-electron chi connectivity index (χ2n) is 10.2. The minimum Gasteiger partial charge on any atom is -0.489 e. The zero-order valence-corrected chi connectivity index (χ0v) is 22.0. The summed E-state index contributed by atoms with van der Waals surface area (Å²) in [5.41, 5.74) is 3.04. The van der Waals surface area contributed by atoms with Gasteiger partial charge in [0.15, 0.2) is 6.04 Å². The number of aryl methyl sites for hydroxylation is 1. The SMILES string of the molecule is CCOC(=O)C(c1ncn2c1CCC2)N1Cc2c(F)cc(-c3ccc(O[C@H]4CCN(C(=O)O)C4)cc3)cc2C1=O. The molecule has 3 aliphatic rings. The van der Waals surface area contributed by atoms with Crippen molar-refractivity contribution in [2.24, 2.45) is 0 Å². The molecule has 40 heavy (non-hydrogen) atoms. The number of carboxylic acid groups (broad SMARTS) is 1. The molecule has 1 N–H and O–H groups in total. The molecule has 11 heteroatoms. The van der Waals surface area contributed by atoms with Crippen LogP contribution in [0.3, 0.4) is 0 Å². The number of ether oxygens (including phenoxy) is 2. The maximum absolute atomic E-state index is 15.4. The molecule has 4 heterocycles. The Bertz CT molecular complexity index is 1490. The van der Waals surface area contributed by atoms with Gasteiger partial charge in [-0.25, -0.2) is 19.0 Å². The molecule has 0 radical (unpaired) electrons. The predicted molar refractivity (Wildman–Crippen MR) is 140 cm³/mol. The number of rotatable bonds is 7. The molecule has 0 aliphatic carbocycles.